The molecule has 1 aromatic rings. The van der Waals surface area contributed by atoms with Gasteiger partial charge in [0.05, 0.1) is 0 Å². The molecule has 1 saturated heterocycles. The van der Waals surface area contributed by atoms with E-state index in [-0.39, 0.29) is 0 Å². The molecule has 86 valence electrons. The van der Waals surface area contributed by atoms with Crippen LogP contribution in [-0.4, -0.2) is 25.7 Å². The second kappa shape index (κ2) is 3.74. The first-order valence-corrected chi connectivity index (χ1v) is 6.74. The third-order valence-corrected chi connectivity index (χ3v) is 4.66. The summed E-state index contributed by atoms with van der Waals surface area (Å²) >= 11 is 3.57. The molecule has 16 heavy (non-hydrogen) atoms. The summed E-state index contributed by atoms with van der Waals surface area (Å²) in [5.74, 6) is 0. The van der Waals surface area contributed by atoms with Crippen molar-refractivity contribution in [3.8, 4) is 0 Å². The highest BCUT2D eigenvalue weighted by Crippen LogP contribution is 2.43. The Morgan fingerprint density at radius 3 is 2.81 bits per heavy atom. The van der Waals surface area contributed by atoms with E-state index in [0.717, 1.165) is 13.1 Å². The second-order valence-corrected chi connectivity index (χ2v) is 5.90. The number of fused-ring (bicyclic) bond motifs is 1. The van der Waals surface area contributed by atoms with E-state index in [4.69, 9.17) is 0 Å². The molecule has 1 spiro atoms. The molecule has 0 amide bonds. The van der Waals surface area contributed by atoms with Gasteiger partial charge in [0, 0.05) is 22.7 Å². The molecule has 2 aliphatic heterocycles. The average molecular weight is 281 g/mol. The summed E-state index contributed by atoms with van der Waals surface area (Å²) in [6.07, 6.45) is 3.73. The molecule has 3 heteroatoms. The lowest BCUT2D eigenvalue weighted by molar-refractivity contribution is 0.310. The molecule has 0 aromatic heterocycles. The number of nitrogens with one attached hydrogen (secondary N) is 1. The Labute approximate surface area is 105 Å². The highest BCUT2D eigenvalue weighted by molar-refractivity contribution is 9.10. The van der Waals surface area contributed by atoms with Crippen molar-refractivity contribution in [3.63, 3.8) is 0 Å². The van der Waals surface area contributed by atoms with Crippen molar-refractivity contribution in [3.05, 3.63) is 28.2 Å². The van der Waals surface area contributed by atoms with E-state index >= 15 is 0 Å². The van der Waals surface area contributed by atoms with E-state index < -0.39 is 0 Å². The standard InChI is InChI=1S/C13H17BrN2/c1-16-12-3-2-11(14)8-10(12)9-13(16)4-6-15-7-5-13/h2-3,8,15H,4-7,9H2,1H3. The first-order chi connectivity index (χ1) is 7.71. The number of hydrogen-bond donors (Lipinski definition) is 1. The Kier molecular flexibility index (Phi) is 2.48. The van der Waals surface area contributed by atoms with Gasteiger partial charge in [-0.3, -0.25) is 0 Å². The first-order valence-electron chi connectivity index (χ1n) is 5.94. The van der Waals surface area contributed by atoms with Gasteiger partial charge in [-0.2, -0.15) is 0 Å². The molecule has 1 aromatic carbocycles. The number of nitrogens with zero attached hydrogens (tertiary/aromatic N) is 1. The molecular weight excluding hydrogens is 264 g/mol. The van der Waals surface area contributed by atoms with Gasteiger partial charge in [0.25, 0.3) is 0 Å². The third-order valence-electron chi connectivity index (χ3n) is 4.17. The number of benzene rings is 1. The monoisotopic (exact) mass is 280 g/mol. The average Bonchev–Trinajstić information content (AvgIpc) is 2.53. The first kappa shape index (κ1) is 10.6. The van der Waals surface area contributed by atoms with Crippen LogP contribution in [0.5, 0.6) is 0 Å². The Bertz CT molecular complexity index is 410. The van der Waals surface area contributed by atoms with Crippen LogP contribution in [-0.2, 0) is 6.42 Å². The van der Waals surface area contributed by atoms with Crippen LogP contribution in [0.3, 0.4) is 0 Å². The third kappa shape index (κ3) is 1.49. The van der Waals surface area contributed by atoms with Crippen molar-refractivity contribution in [2.75, 3.05) is 25.0 Å². The summed E-state index contributed by atoms with van der Waals surface area (Å²) in [4.78, 5) is 2.51. The molecule has 0 unspecified atom stereocenters. The maximum Gasteiger partial charge on any atom is 0.0464 e. The Hall–Kier alpha value is -0.540. The number of likely N-dealkylation sites (N-methyl/N-ethyl adjacent to an activating group) is 1. The van der Waals surface area contributed by atoms with Gasteiger partial charge in [-0.25, -0.2) is 0 Å². The van der Waals surface area contributed by atoms with Crippen molar-refractivity contribution >= 4 is 21.6 Å². The molecule has 0 saturated carbocycles. The Morgan fingerprint density at radius 1 is 1.31 bits per heavy atom. The van der Waals surface area contributed by atoms with E-state index in [0.29, 0.717) is 5.54 Å². The number of rotatable bonds is 0. The molecule has 2 nitrogen and oxygen atoms in total. The molecule has 1 N–H and O–H groups in total. The maximum atomic E-state index is 3.57. The highest BCUT2D eigenvalue weighted by Gasteiger charge is 2.42. The van der Waals surface area contributed by atoms with Gasteiger partial charge in [0.2, 0.25) is 0 Å². The molecular formula is C13H17BrN2. The van der Waals surface area contributed by atoms with Gasteiger partial charge in [0.15, 0.2) is 0 Å². The smallest absolute Gasteiger partial charge is 0.0464 e. The summed E-state index contributed by atoms with van der Waals surface area (Å²) < 4.78 is 1.20. The van der Waals surface area contributed by atoms with Gasteiger partial charge in [-0.1, -0.05) is 15.9 Å². The molecule has 0 atom stereocenters. The van der Waals surface area contributed by atoms with Crippen molar-refractivity contribution in [2.45, 2.75) is 24.8 Å². The normalized spacial score (nSPS) is 22.5. The SMILES string of the molecule is CN1c2ccc(Br)cc2CC12CCNCC2. The second-order valence-electron chi connectivity index (χ2n) is 4.98. The van der Waals surface area contributed by atoms with Crippen molar-refractivity contribution in [1.82, 2.24) is 5.32 Å². The Morgan fingerprint density at radius 2 is 2.06 bits per heavy atom. The predicted octanol–water partition coefficient (Wildman–Crippen LogP) is 2.56. The minimum Gasteiger partial charge on any atom is -0.368 e. The lowest BCUT2D eigenvalue weighted by atomic mass is 9.85. The summed E-state index contributed by atoms with van der Waals surface area (Å²) in [6, 6.07) is 6.67. The van der Waals surface area contributed by atoms with Gasteiger partial charge < -0.3 is 10.2 Å². The zero-order valence-corrected chi connectivity index (χ0v) is 11.2. The molecule has 0 bridgehead atoms. The molecule has 2 aliphatic rings. The maximum absolute atomic E-state index is 3.57. The zero-order chi connectivity index (χ0) is 11.2. The van der Waals surface area contributed by atoms with E-state index in [1.807, 2.05) is 0 Å². The number of halogens is 1. The van der Waals surface area contributed by atoms with Crippen LogP contribution < -0.4 is 10.2 Å². The summed E-state index contributed by atoms with van der Waals surface area (Å²) in [6.45, 7) is 2.30. The minimum atomic E-state index is 0.383. The van der Waals surface area contributed by atoms with Crippen LogP contribution in [0, 0.1) is 0 Å². The van der Waals surface area contributed by atoms with Gasteiger partial charge >= 0.3 is 0 Å². The fourth-order valence-electron chi connectivity index (χ4n) is 3.16. The van der Waals surface area contributed by atoms with Crippen LogP contribution in [0.4, 0.5) is 5.69 Å². The van der Waals surface area contributed by atoms with Gasteiger partial charge in [0.1, 0.15) is 0 Å². The van der Waals surface area contributed by atoms with Gasteiger partial charge in [-0.05, 0) is 56.1 Å². The predicted molar refractivity (Wildman–Crippen MR) is 71.1 cm³/mol. The lowest BCUT2D eigenvalue weighted by Crippen LogP contribution is -2.51. The van der Waals surface area contributed by atoms with Crippen molar-refractivity contribution < 1.29 is 0 Å². The fraction of sp³-hybridized carbons (Fsp3) is 0.538. The van der Waals surface area contributed by atoms with Crippen LogP contribution in [0.2, 0.25) is 0 Å². The highest BCUT2D eigenvalue weighted by atomic mass is 79.9. The minimum absolute atomic E-state index is 0.383. The zero-order valence-electron chi connectivity index (χ0n) is 9.59. The molecule has 0 radical (unpaired) electrons. The quantitative estimate of drug-likeness (QED) is 0.786. The topological polar surface area (TPSA) is 15.3 Å². The van der Waals surface area contributed by atoms with E-state index in [1.54, 1.807) is 0 Å². The lowest BCUT2D eigenvalue weighted by Gasteiger charge is -2.41. The van der Waals surface area contributed by atoms with Crippen LogP contribution in [0.15, 0.2) is 22.7 Å². The summed E-state index contributed by atoms with van der Waals surface area (Å²) in [5.41, 5.74) is 3.30. The van der Waals surface area contributed by atoms with Crippen molar-refractivity contribution in [2.24, 2.45) is 0 Å². The summed E-state index contributed by atoms with van der Waals surface area (Å²) in [5, 5.41) is 3.46. The molecule has 2 heterocycles. The van der Waals surface area contributed by atoms with E-state index in [2.05, 4.69) is 51.4 Å². The van der Waals surface area contributed by atoms with Gasteiger partial charge in [-0.15, -0.1) is 0 Å². The summed E-state index contributed by atoms with van der Waals surface area (Å²) in [7, 11) is 2.26. The fourth-order valence-corrected chi connectivity index (χ4v) is 3.56. The Balaban J connectivity index is 1.98. The van der Waals surface area contributed by atoms with Crippen LogP contribution >= 0.6 is 15.9 Å². The van der Waals surface area contributed by atoms with E-state index in [1.165, 1.54) is 35.0 Å². The molecule has 1 fully saturated rings. The molecule has 3 rings (SSSR count). The largest absolute Gasteiger partial charge is 0.368 e. The number of anilines is 1. The van der Waals surface area contributed by atoms with Crippen molar-refractivity contribution in [1.29, 1.82) is 0 Å². The van der Waals surface area contributed by atoms with E-state index in [9.17, 15) is 0 Å². The molecule has 0 aliphatic carbocycles. The van der Waals surface area contributed by atoms with Crippen LogP contribution in [0.1, 0.15) is 18.4 Å². The number of piperidine rings is 1. The van der Waals surface area contributed by atoms with Crippen LogP contribution in [0.25, 0.3) is 0 Å². The number of hydrogen-bond acceptors (Lipinski definition) is 2.